The highest BCUT2D eigenvalue weighted by Crippen LogP contribution is 2.28. The van der Waals surface area contributed by atoms with Gasteiger partial charge in [-0.1, -0.05) is 56.7 Å². The number of carbonyl (C=O) groups is 1. The van der Waals surface area contributed by atoms with Crippen LogP contribution in [0.25, 0.3) is 11.4 Å². The normalized spacial score (nSPS) is 11.9. The second-order valence-electron chi connectivity index (χ2n) is 7.65. The van der Waals surface area contributed by atoms with Crippen LogP contribution in [0.5, 0.6) is 0 Å². The summed E-state index contributed by atoms with van der Waals surface area (Å²) < 4.78 is 34.0. The number of hydrogen-bond donors (Lipinski definition) is 1. The molecule has 3 rings (SSSR count). The first kappa shape index (κ1) is 24.9. The van der Waals surface area contributed by atoms with Gasteiger partial charge in [-0.05, 0) is 18.1 Å². The van der Waals surface area contributed by atoms with Gasteiger partial charge in [-0.2, -0.15) is 4.31 Å². The Kier molecular flexibility index (Phi) is 8.27. The number of benzene rings is 1. The van der Waals surface area contributed by atoms with E-state index in [4.69, 9.17) is 4.52 Å². The maximum Gasteiger partial charge on any atom is 0.243 e. The largest absolute Gasteiger partial charge is 0.363 e. The quantitative estimate of drug-likeness (QED) is 0.404. The Bertz CT molecular complexity index is 1170. The van der Waals surface area contributed by atoms with Gasteiger partial charge in [0.1, 0.15) is 6.26 Å². The van der Waals surface area contributed by atoms with E-state index < -0.39 is 10.0 Å². The molecular formula is C21H28N6O4S2. The van der Waals surface area contributed by atoms with Crippen molar-refractivity contribution in [3.8, 4) is 11.4 Å². The highest BCUT2D eigenvalue weighted by atomic mass is 32.2. The van der Waals surface area contributed by atoms with E-state index in [1.165, 1.54) is 22.3 Å². The molecule has 0 saturated heterocycles. The van der Waals surface area contributed by atoms with Crippen LogP contribution in [-0.4, -0.2) is 57.4 Å². The lowest BCUT2D eigenvalue weighted by atomic mass is 10.2. The van der Waals surface area contributed by atoms with Gasteiger partial charge >= 0.3 is 0 Å². The van der Waals surface area contributed by atoms with Gasteiger partial charge in [0.2, 0.25) is 15.9 Å². The van der Waals surface area contributed by atoms with E-state index in [1.54, 1.807) is 24.3 Å². The Hall–Kier alpha value is -2.70. The fourth-order valence-corrected chi connectivity index (χ4v) is 5.49. The molecule has 0 bridgehead atoms. The molecule has 0 spiro atoms. The van der Waals surface area contributed by atoms with Gasteiger partial charge in [-0.25, -0.2) is 8.42 Å². The van der Waals surface area contributed by atoms with Crippen molar-refractivity contribution in [2.75, 3.05) is 24.2 Å². The van der Waals surface area contributed by atoms with Gasteiger partial charge in [0, 0.05) is 31.3 Å². The Labute approximate surface area is 197 Å². The zero-order chi connectivity index (χ0) is 24.0. The number of aromatic nitrogens is 4. The first-order valence-corrected chi connectivity index (χ1v) is 13.1. The molecule has 2 heterocycles. The highest BCUT2D eigenvalue weighted by Gasteiger charge is 2.23. The molecule has 0 aliphatic carbocycles. The minimum atomic E-state index is -3.60. The van der Waals surface area contributed by atoms with Crippen molar-refractivity contribution >= 4 is 33.5 Å². The summed E-state index contributed by atoms with van der Waals surface area (Å²) in [6.45, 7) is 9.16. The van der Waals surface area contributed by atoms with Gasteiger partial charge in [-0.3, -0.25) is 4.79 Å². The fourth-order valence-electron chi connectivity index (χ4n) is 3.23. The number of hydrogen-bond acceptors (Lipinski definition) is 8. The maximum atomic E-state index is 13.0. The molecule has 178 valence electrons. The standard InChI is InChI=1S/C21H28N6O4S2/c1-5-26(6-2)33(29,30)17-9-7-8-16(12-17)20-23-24-21(27(20)13-15(3)4)32-14-19(28)22-18-10-11-31-25-18/h7-12,15H,5-6,13-14H2,1-4H3,(H,22,25,28). The number of thioether (sulfide) groups is 1. The Balaban J connectivity index is 1.87. The predicted octanol–water partition coefficient (Wildman–Crippen LogP) is 3.35. The smallest absolute Gasteiger partial charge is 0.243 e. The van der Waals surface area contributed by atoms with Crippen LogP contribution in [0.4, 0.5) is 5.82 Å². The number of amides is 1. The molecule has 10 nitrogen and oxygen atoms in total. The lowest BCUT2D eigenvalue weighted by Crippen LogP contribution is -2.30. The van der Waals surface area contributed by atoms with Gasteiger partial charge in [-0.15, -0.1) is 10.2 Å². The Morgan fingerprint density at radius 3 is 2.61 bits per heavy atom. The summed E-state index contributed by atoms with van der Waals surface area (Å²) >= 11 is 1.25. The molecule has 1 aromatic carbocycles. The zero-order valence-corrected chi connectivity index (χ0v) is 20.7. The molecule has 0 aliphatic heterocycles. The number of sulfonamides is 1. The van der Waals surface area contributed by atoms with Crippen LogP contribution in [0, 0.1) is 5.92 Å². The third kappa shape index (κ3) is 6.01. The van der Waals surface area contributed by atoms with Crippen molar-refractivity contribution in [2.24, 2.45) is 5.92 Å². The van der Waals surface area contributed by atoms with Crippen LogP contribution < -0.4 is 5.32 Å². The molecule has 1 amide bonds. The van der Waals surface area contributed by atoms with Gasteiger partial charge < -0.3 is 14.4 Å². The number of rotatable bonds is 11. The number of nitrogens with zero attached hydrogens (tertiary/aromatic N) is 5. The minimum Gasteiger partial charge on any atom is -0.363 e. The molecule has 12 heteroatoms. The topological polar surface area (TPSA) is 123 Å². The van der Waals surface area contributed by atoms with Crippen molar-refractivity contribution < 1.29 is 17.7 Å². The third-order valence-electron chi connectivity index (χ3n) is 4.74. The number of nitrogens with one attached hydrogen (secondary N) is 1. The molecular weight excluding hydrogens is 464 g/mol. The predicted molar refractivity (Wildman–Crippen MR) is 126 cm³/mol. The minimum absolute atomic E-state index is 0.111. The molecule has 0 unspecified atom stereocenters. The van der Waals surface area contributed by atoms with Crippen molar-refractivity contribution in [2.45, 2.75) is 44.3 Å². The molecule has 0 radical (unpaired) electrons. The highest BCUT2D eigenvalue weighted by molar-refractivity contribution is 7.99. The first-order valence-electron chi connectivity index (χ1n) is 10.6. The molecule has 33 heavy (non-hydrogen) atoms. The molecule has 0 saturated carbocycles. The summed E-state index contributed by atoms with van der Waals surface area (Å²) in [5.41, 5.74) is 0.648. The summed E-state index contributed by atoms with van der Waals surface area (Å²) in [6.07, 6.45) is 1.38. The van der Waals surface area contributed by atoms with E-state index in [-0.39, 0.29) is 22.5 Å². The van der Waals surface area contributed by atoms with Gasteiger partial charge in [0.05, 0.1) is 10.6 Å². The van der Waals surface area contributed by atoms with Crippen LogP contribution in [0.15, 0.2) is 51.2 Å². The summed E-state index contributed by atoms with van der Waals surface area (Å²) in [7, 11) is -3.60. The molecule has 0 aliphatic rings. The monoisotopic (exact) mass is 492 g/mol. The number of carbonyl (C=O) groups excluding carboxylic acids is 1. The second-order valence-corrected chi connectivity index (χ2v) is 10.5. The van der Waals surface area contributed by atoms with Crippen molar-refractivity contribution in [1.82, 2.24) is 24.2 Å². The third-order valence-corrected chi connectivity index (χ3v) is 7.75. The average Bonchev–Trinajstić information content (AvgIpc) is 3.42. The van der Waals surface area contributed by atoms with E-state index in [1.807, 2.05) is 24.5 Å². The van der Waals surface area contributed by atoms with Crippen molar-refractivity contribution in [3.05, 3.63) is 36.6 Å². The lowest BCUT2D eigenvalue weighted by Gasteiger charge is -2.19. The number of anilines is 1. The first-order chi connectivity index (χ1) is 15.8. The summed E-state index contributed by atoms with van der Waals surface area (Å²) in [5.74, 6) is 1.04. The van der Waals surface area contributed by atoms with E-state index in [9.17, 15) is 13.2 Å². The van der Waals surface area contributed by atoms with E-state index >= 15 is 0 Å². The van der Waals surface area contributed by atoms with Crippen LogP contribution in [-0.2, 0) is 21.4 Å². The van der Waals surface area contributed by atoms with Crippen LogP contribution in [0.3, 0.4) is 0 Å². The van der Waals surface area contributed by atoms with E-state index in [0.717, 1.165) is 0 Å². The Morgan fingerprint density at radius 2 is 1.97 bits per heavy atom. The molecule has 1 N–H and O–H groups in total. The average molecular weight is 493 g/mol. The van der Waals surface area contributed by atoms with E-state index in [2.05, 4.69) is 34.5 Å². The Morgan fingerprint density at radius 1 is 1.21 bits per heavy atom. The fraction of sp³-hybridized carbons (Fsp3) is 0.429. The SMILES string of the molecule is CCN(CC)S(=O)(=O)c1cccc(-c2nnc(SCC(=O)Nc3ccon3)n2CC(C)C)c1. The van der Waals surface area contributed by atoms with Crippen LogP contribution in [0.2, 0.25) is 0 Å². The molecule has 3 aromatic rings. The maximum absolute atomic E-state index is 13.0. The molecule has 0 atom stereocenters. The van der Waals surface area contributed by atoms with Crippen molar-refractivity contribution in [3.63, 3.8) is 0 Å². The summed E-state index contributed by atoms with van der Waals surface area (Å²) in [5, 5.41) is 15.5. The van der Waals surface area contributed by atoms with Crippen LogP contribution in [0.1, 0.15) is 27.7 Å². The summed E-state index contributed by atoms with van der Waals surface area (Å²) in [4.78, 5) is 12.4. The van der Waals surface area contributed by atoms with Gasteiger partial charge in [0.15, 0.2) is 16.8 Å². The van der Waals surface area contributed by atoms with Crippen LogP contribution >= 0.6 is 11.8 Å². The molecule has 2 aromatic heterocycles. The van der Waals surface area contributed by atoms with Gasteiger partial charge in [0.25, 0.3) is 0 Å². The van der Waals surface area contributed by atoms with E-state index in [0.29, 0.717) is 42.0 Å². The second kappa shape index (κ2) is 10.9. The summed E-state index contributed by atoms with van der Waals surface area (Å²) in [6, 6.07) is 8.29. The molecule has 0 fully saturated rings. The lowest BCUT2D eigenvalue weighted by molar-refractivity contribution is -0.113. The zero-order valence-electron chi connectivity index (χ0n) is 19.1. The van der Waals surface area contributed by atoms with Crippen molar-refractivity contribution in [1.29, 1.82) is 0 Å².